The zero-order valence-corrected chi connectivity index (χ0v) is 16.9. The lowest BCUT2D eigenvalue weighted by atomic mass is 10.1. The molecule has 0 radical (unpaired) electrons. The normalized spacial score (nSPS) is 16.3. The number of rotatable bonds is 6. The smallest absolute Gasteiger partial charge is 0.133 e. The number of thiophene rings is 1. The highest BCUT2D eigenvalue weighted by molar-refractivity contribution is 7.11. The Hall–Kier alpha value is -1.81. The second kappa shape index (κ2) is 10.4. The maximum atomic E-state index is 11.1. The molecule has 0 aliphatic heterocycles. The Bertz CT molecular complexity index is 685. The van der Waals surface area contributed by atoms with Crippen molar-refractivity contribution < 1.29 is 14.6 Å². The van der Waals surface area contributed by atoms with E-state index in [0.717, 1.165) is 12.0 Å². The number of Topliss-reactive ketones (excluding diaryl/α,β-unsaturated/α-hetero) is 1. The van der Waals surface area contributed by atoms with Gasteiger partial charge in [-0.2, -0.15) is 0 Å². The molecule has 26 heavy (non-hydrogen) atoms. The maximum Gasteiger partial charge on any atom is 0.133 e. The maximum absolute atomic E-state index is 11.1. The molecule has 3 rings (SSSR count). The van der Waals surface area contributed by atoms with Gasteiger partial charge in [0, 0.05) is 34.6 Å². The molecule has 1 aromatic heterocycles. The minimum Gasteiger partial charge on any atom is -0.508 e. The first-order chi connectivity index (χ1) is 12.5. The van der Waals surface area contributed by atoms with E-state index in [1.165, 1.54) is 24.1 Å². The van der Waals surface area contributed by atoms with Crippen LogP contribution in [0.5, 0.6) is 11.5 Å². The standard InChI is InChI=1S/C13H16O3.C9H14S/c1-9-4-12(15)7-13(5-9)16-8-10-2-3-11(14)6-10;1-3-5-9-7-6-8(4-2)10-9/h4-5,7,10,15H,2-3,6,8H2,1H3;6-7H,3-5H2,1-2H3. The molecule has 1 aromatic carbocycles. The Kier molecular flexibility index (Phi) is 8.17. The summed E-state index contributed by atoms with van der Waals surface area (Å²) in [4.78, 5) is 14.1. The summed E-state index contributed by atoms with van der Waals surface area (Å²) >= 11 is 1.96. The van der Waals surface area contributed by atoms with Crippen LogP contribution in [0.15, 0.2) is 30.3 Å². The predicted octanol–water partition coefficient (Wildman–Crippen LogP) is 5.71. The zero-order chi connectivity index (χ0) is 18.9. The number of hydrogen-bond donors (Lipinski definition) is 1. The molecular weight excluding hydrogens is 344 g/mol. The number of benzene rings is 1. The first-order valence-corrected chi connectivity index (χ1v) is 10.3. The molecular formula is C22H30O3S. The van der Waals surface area contributed by atoms with Crippen LogP contribution in [0.1, 0.15) is 54.8 Å². The fraction of sp³-hybridized carbons (Fsp3) is 0.500. The number of aromatic hydroxyl groups is 1. The second-order valence-electron chi connectivity index (χ2n) is 6.93. The molecule has 0 saturated heterocycles. The first-order valence-electron chi connectivity index (χ1n) is 9.52. The number of carbonyl (C=O) groups excluding carboxylic acids is 1. The molecule has 4 heteroatoms. The molecule has 1 heterocycles. The van der Waals surface area contributed by atoms with Gasteiger partial charge in [-0.1, -0.05) is 20.3 Å². The third-order valence-corrected chi connectivity index (χ3v) is 5.72. The van der Waals surface area contributed by atoms with Crippen molar-refractivity contribution in [1.29, 1.82) is 0 Å². The van der Waals surface area contributed by atoms with Gasteiger partial charge in [-0.25, -0.2) is 0 Å². The topological polar surface area (TPSA) is 46.5 Å². The van der Waals surface area contributed by atoms with Crippen LogP contribution < -0.4 is 4.74 Å². The molecule has 0 spiro atoms. The van der Waals surface area contributed by atoms with Gasteiger partial charge in [0.2, 0.25) is 0 Å². The molecule has 142 valence electrons. The van der Waals surface area contributed by atoms with Gasteiger partial charge in [-0.3, -0.25) is 4.79 Å². The van der Waals surface area contributed by atoms with Crippen LogP contribution >= 0.6 is 11.3 Å². The third-order valence-electron chi connectivity index (χ3n) is 4.43. The summed E-state index contributed by atoms with van der Waals surface area (Å²) in [6.45, 7) is 6.91. The molecule has 0 bridgehead atoms. The van der Waals surface area contributed by atoms with Crippen molar-refractivity contribution >= 4 is 17.1 Å². The first kappa shape index (κ1) is 20.5. The summed E-state index contributed by atoms with van der Waals surface area (Å²) in [6.07, 6.45) is 5.96. The van der Waals surface area contributed by atoms with Crippen LogP contribution in [0, 0.1) is 12.8 Å². The van der Waals surface area contributed by atoms with E-state index in [0.29, 0.717) is 36.9 Å². The largest absolute Gasteiger partial charge is 0.508 e. The Morgan fingerprint density at radius 1 is 1.19 bits per heavy atom. The summed E-state index contributed by atoms with van der Waals surface area (Å²) in [5.74, 6) is 1.57. The van der Waals surface area contributed by atoms with Crippen LogP contribution in [-0.2, 0) is 17.6 Å². The van der Waals surface area contributed by atoms with Gasteiger partial charge in [0.15, 0.2) is 0 Å². The molecule has 1 aliphatic rings. The van der Waals surface area contributed by atoms with Gasteiger partial charge in [0.05, 0.1) is 6.61 Å². The molecule has 1 saturated carbocycles. The summed E-state index contributed by atoms with van der Waals surface area (Å²) in [5, 5.41) is 9.39. The Labute approximate surface area is 161 Å². The number of hydrogen-bond acceptors (Lipinski definition) is 4. The summed E-state index contributed by atoms with van der Waals surface area (Å²) < 4.78 is 5.59. The molecule has 1 N–H and O–H groups in total. The van der Waals surface area contributed by atoms with Crippen LogP contribution in [0.3, 0.4) is 0 Å². The number of aryl methyl sites for hydroxylation is 3. The molecule has 1 unspecified atom stereocenters. The van der Waals surface area contributed by atoms with E-state index in [1.807, 2.05) is 24.3 Å². The SMILES string of the molecule is CCCc1ccc(CC)s1.Cc1cc(O)cc(OCC2CCC(=O)C2)c1. The van der Waals surface area contributed by atoms with Crippen molar-refractivity contribution in [2.24, 2.45) is 5.92 Å². The highest BCUT2D eigenvalue weighted by Gasteiger charge is 2.22. The number of ketones is 1. The average Bonchev–Trinajstić information content (AvgIpc) is 3.22. The molecule has 1 fully saturated rings. The van der Waals surface area contributed by atoms with Crippen LogP contribution in [0.2, 0.25) is 0 Å². The third kappa shape index (κ3) is 6.83. The molecule has 2 aromatic rings. The predicted molar refractivity (Wildman–Crippen MR) is 108 cm³/mol. The van der Waals surface area contributed by atoms with Gasteiger partial charge in [-0.15, -0.1) is 11.3 Å². The molecule has 1 aliphatic carbocycles. The number of ether oxygens (including phenoxy) is 1. The van der Waals surface area contributed by atoms with Crippen molar-refractivity contribution in [1.82, 2.24) is 0 Å². The highest BCUT2D eigenvalue weighted by atomic mass is 32.1. The van der Waals surface area contributed by atoms with Crippen molar-refractivity contribution in [3.05, 3.63) is 45.6 Å². The summed E-state index contributed by atoms with van der Waals surface area (Å²) in [6, 6.07) is 9.68. The fourth-order valence-electron chi connectivity index (χ4n) is 3.05. The Morgan fingerprint density at radius 3 is 2.54 bits per heavy atom. The molecule has 0 amide bonds. The number of carbonyl (C=O) groups is 1. The van der Waals surface area contributed by atoms with Crippen molar-refractivity contribution in [3.8, 4) is 11.5 Å². The van der Waals surface area contributed by atoms with Gasteiger partial charge in [0.1, 0.15) is 17.3 Å². The quantitative estimate of drug-likeness (QED) is 0.704. The average molecular weight is 375 g/mol. The minimum absolute atomic E-state index is 0.220. The van der Waals surface area contributed by atoms with Gasteiger partial charge in [0.25, 0.3) is 0 Å². The highest BCUT2D eigenvalue weighted by Crippen LogP contribution is 2.25. The minimum atomic E-state index is 0.220. The molecule has 3 nitrogen and oxygen atoms in total. The van der Waals surface area contributed by atoms with Crippen molar-refractivity contribution in [3.63, 3.8) is 0 Å². The summed E-state index contributed by atoms with van der Waals surface area (Å²) in [5.41, 5.74) is 0.970. The van der Waals surface area contributed by atoms with Gasteiger partial charge >= 0.3 is 0 Å². The van der Waals surface area contributed by atoms with E-state index >= 15 is 0 Å². The Morgan fingerprint density at radius 2 is 1.96 bits per heavy atom. The summed E-state index contributed by atoms with van der Waals surface area (Å²) in [7, 11) is 0. The van der Waals surface area contributed by atoms with E-state index in [1.54, 1.807) is 17.0 Å². The van der Waals surface area contributed by atoms with E-state index in [2.05, 4.69) is 26.0 Å². The van der Waals surface area contributed by atoms with Crippen molar-refractivity contribution in [2.75, 3.05) is 6.61 Å². The zero-order valence-electron chi connectivity index (χ0n) is 16.1. The number of phenols is 1. The molecule has 1 atom stereocenters. The van der Waals surface area contributed by atoms with Gasteiger partial charge in [-0.05, 0) is 56.0 Å². The van der Waals surface area contributed by atoms with Crippen LogP contribution in [0.25, 0.3) is 0 Å². The van der Waals surface area contributed by atoms with Gasteiger partial charge < -0.3 is 9.84 Å². The monoisotopic (exact) mass is 374 g/mol. The van der Waals surface area contributed by atoms with E-state index in [4.69, 9.17) is 4.74 Å². The lowest BCUT2D eigenvalue weighted by Gasteiger charge is -2.11. The van der Waals surface area contributed by atoms with E-state index in [-0.39, 0.29) is 5.75 Å². The Balaban J connectivity index is 0.000000209. The second-order valence-corrected chi connectivity index (χ2v) is 8.19. The lowest BCUT2D eigenvalue weighted by Crippen LogP contribution is -2.08. The van der Waals surface area contributed by atoms with Crippen molar-refractivity contribution in [2.45, 2.75) is 59.3 Å². The van der Waals surface area contributed by atoms with E-state index in [9.17, 15) is 9.90 Å². The lowest BCUT2D eigenvalue weighted by molar-refractivity contribution is -0.117. The van der Waals surface area contributed by atoms with E-state index < -0.39 is 0 Å². The van der Waals surface area contributed by atoms with Crippen LogP contribution in [-0.4, -0.2) is 17.5 Å². The van der Waals surface area contributed by atoms with Crippen LogP contribution in [0.4, 0.5) is 0 Å². The fourth-order valence-corrected chi connectivity index (χ4v) is 4.11. The number of phenolic OH excluding ortho intramolecular Hbond substituents is 1.